The summed E-state index contributed by atoms with van der Waals surface area (Å²) in [5.41, 5.74) is 9.34. The van der Waals surface area contributed by atoms with Crippen molar-refractivity contribution >= 4 is 52.6 Å². The number of halogens is 3. The van der Waals surface area contributed by atoms with Gasteiger partial charge >= 0.3 is 5.97 Å². The first-order chi connectivity index (χ1) is 22.2. The zero-order valence-electron chi connectivity index (χ0n) is 25.4. The van der Waals surface area contributed by atoms with Crippen molar-refractivity contribution in [2.45, 2.75) is 13.5 Å². The summed E-state index contributed by atoms with van der Waals surface area (Å²) in [4.78, 5) is 34.2. The van der Waals surface area contributed by atoms with Gasteiger partial charge in [0.25, 0.3) is 5.91 Å². The molecule has 0 spiro atoms. The minimum absolute atomic E-state index is 0.113. The van der Waals surface area contributed by atoms with Crippen LogP contribution in [0.5, 0.6) is 5.75 Å². The molecule has 0 aliphatic carbocycles. The molecule has 12 heteroatoms. The summed E-state index contributed by atoms with van der Waals surface area (Å²) in [7, 11) is 1.61. The van der Waals surface area contributed by atoms with Gasteiger partial charge in [0.2, 0.25) is 0 Å². The molecule has 46 heavy (non-hydrogen) atoms. The van der Waals surface area contributed by atoms with Crippen LogP contribution in [-0.2, 0) is 16.0 Å². The third kappa shape index (κ3) is 5.92. The monoisotopic (exact) mass is 666 g/mol. The van der Waals surface area contributed by atoms with Crippen molar-refractivity contribution in [3.63, 3.8) is 0 Å². The Hall–Kier alpha value is -4.12. The fourth-order valence-corrected chi connectivity index (χ4v) is 7.01. The first kappa shape index (κ1) is 31.8. The summed E-state index contributed by atoms with van der Waals surface area (Å²) in [5.74, 6) is -0.421. The van der Waals surface area contributed by atoms with Crippen LogP contribution in [0.4, 0.5) is 10.1 Å². The summed E-state index contributed by atoms with van der Waals surface area (Å²) in [6.07, 6.45) is 2.95. The van der Waals surface area contributed by atoms with Gasteiger partial charge in [-0.1, -0.05) is 41.4 Å². The van der Waals surface area contributed by atoms with E-state index in [4.69, 9.17) is 43.1 Å². The summed E-state index contributed by atoms with van der Waals surface area (Å²) < 4.78 is 32.9. The van der Waals surface area contributed by atoms with Crippen molar-refractivity contribution in [2.24, 2.45) is 22.6 Å². The van der Waals surface area contributed by atoms with Gasteiger partial charge in [-0.05, 0) is 36.8 Å². The van der Waals surface area contributed by atoms with Crippen molar-refractivity contribution in [3.05, 3.63) is 86.8 Å². The molecule has 2 atom stereocenters. The standard InChI is InChI=1S/C34H33Cl2FN4O5/c1-3-45-34(43)26-9-29(37)25(10-30(26)40-14-22-16-44-17-23(22)15-40)24-6-4-5-19-13-41(18-46-32(19)24)33(42)31-27(35)7-20(8-28(31)36)21(11-38)12-39-2/h4-12,22-23H,3,13-18,38H2,1-2H3. The first-order valence-corrected chi connectivity index (χ1v) is 15.7. The molecule has 0 radical (unpaired) electrons. The number of carbonyl (C=O) groups excluding carboxylic acids is 2. The second-order valence-electron chi connectivity index (χ2n) is 11.4. The molecule has 2 fully saturated rings. The first-order valence-electron chi connectivity index (χ1n) is 14.9. The molecule has 3 heterocycles. The van der Waals surface area contributed by atoms with Gasteiger partial charge in [-0.25, -0.2) is 9.18 Å². The number of allylic oxidation sites excluding steroid dienone is 1. The van der Waals surface area contributed by atoms with E-state index in [1.165, 1.54) is 17.2 Å². The molecule has 9 nitrogen and oxygen atoms in total. The average Bonchev–Trinajstić information content (AvgIpc) is 3.66. The molecule has 6 rings (SSSR count). The Kier molecular flexibility index (Phi) is 9.22. The van der Waals surface area contributed by atoms with E-state index in [0.717, 1.165) is 0 Å². The highest BCUT2D eigenvalue weighted by molar-refractivity contribution is 6.40. The number of esters is 1. The lowest BCUT2D eigenvalue weighted by Crippen LogP contribution is -2.37. The zero-order chi connectivity index (χ0) is 32.5. The topological polar surface area (TPSA) is 107 Å². The van der Waals surface area contributed by atoms with E-state index in [-0.39, 0.29) is 46.6 Å². The van der Waals surface area contributed by atoms with Gasteiger partial charge in [0, 0.05) is 66.7 Å². The van der Waals surface area contributed by atoms with Gasteiger partial charge in [0.05, 0.1) is 53.2 Å². The van der Waals surface area contributed by atoms with Crippen molar-refractivity contribution in [2.75, 3.05) is 51.6 Å². The average molecular weight is 668 g/mol. The van der Waals surface area contributed by atoms with Crippen LogP contribution in [0.25, 0.3) is 16.7 Å². The molecule has 240 valence electrons. The second kappa shape index (κ2) is 13.3. The molecule has 2 unspecified atom stereocenters. The number of amides is 1. The molecule has 3 aromatic carbocycles. The molecule has 3 aromatic rings. The fraction of sp³-hybridized carbons (Fsp3) is 0.324. The van der Waals surface area contributed by atoms with E-state index in [0.29, 0.717) is 71.8 Å². The predicted octanol–water partition coefficient (Wildman–Crippen LogP) is 6.05. The number of para-hydroxylation sites is 1. The molecule has 3 aliphatic heterocycles. The van der Waals surface area contributed by atoms with Crippen LogP contribution in [0, 0.1) is 17.7 Å². The maximum Gasteiger partial charge on any atom is 0.340 e. The van der Waals surface area contributed by atoms with Gasteiger partial charge in [-0.3, -0.25) is 9.79 Å². The number of anilines is 1. The summed E-state index contributed by atoms with van der Waals surface area (Å²) in [6, 6.07) is 11.5. The molecule has 0 saturated carbocycles. The van der Waals surface area contributed by atoms with Crippen LogP contribution in [0.15, 0.2) is 53.7 Å². The molecular weight excluding hydrogens is 634 g/mol. The van der Waals surface area contributed by atoms with Crippen LogP contribution in [-0.4, -0.2) is 69.7 Å². The van der Waals surface area contributed by atoms with Crippen LogP contribution >= 0.6 is 23.2 Å². The summed E-state index contributed by atoms with van der Waals surface area (Å²) in [6.45, 7) is 4.69. The zero-order valence-corrected chi connectivity index (χ0v) is 26.9. The fourth-order valence-electron chi connectivity index (χ4n) is 6.36. The number of rotatable bonds is 7. The van der Waals surface area contributed by atoms with Crippen molar-refractivity contribution in [1.82, 2.24) is 4.90 Å². The lowest BCUT2D eigenvalue weighted by molar-refractivity contribution is 0.0512. The normalized spacial score (nSPS) is 19.3. The number of aliphatic imine (C=N–C) groups is 1. The van der Waals surface area contributed by atoms with Gasteiger partial charge in [0.1, 0.15) is 11.6 Å². The largest absolute Gasteiger partial charge is 0.472 e. The van der Waals surface area contributed by atoms with Crippen LogP contribution in [0.1, 0.15) is 38.8 Å². The maximum atomic E-state index is 15.9. The molecule has 2 saturated heterocycles. The van der Waals surface area contributed by atoms with E-state index in [9.17, 15) is 9.59 Å². The predicted molar refractivity (Wildman–Crippen MR) is 176 cm³/mol. The summed E-state index contributed by atoms with van der Waals surface area (Å²) >= 11 is 13.1. The smallest absolute Gasteiger partial charge is 0.340 e. The van der Waals surface area contributed by atoms with Crippen molar-refractivity contribution in [3.8, 4) is 16.9 Å². The van der Waals surface area contributed by atoms with E-state index in [2.05, 4.69) is 9.89 Å². The SMILES string of the molecule is CCOC(=O)c1cc(F)c(-c2cccc3c2OCN(C(=O)c2c(Cl)cc(C(C=NC)=CN)cc2Cl)C3)cc1N1CC2COCC2C1. The highest BCUT2D eigenvalue weighted by Gasteiger charge is 2.39. The number of nitrogens with two attached hydrogens (primary N) is 1. The van der Waals surface area contributed by atoms with Gasteiger partial charge in [-0.15, -0.1) is 0 Å². The Morgan fingerprint density at radius 2 is 1.83 bits per heavy atom. The second-order valence-corrected chi connectivity index (χ2v) is 12.2. The number of hydrogen-bond acceptors (Lipinski definition) is 8. The maximum absolute atomic E-state index is 15.9. The van der Waals surface area contributed by atoms with Gasteiger partial charge in [0.15, 0.2) is 6.73 Å². The molecule has 1 amide bonds. The minimum atomic E-state index is -0.581. The highest BCUT2D eigenvalue weighted by atomic mass is 35.5. The Morgan fingerprint density at radius 1 is 1.11 bits per heavy atom. The Bertz CT molecular complexity index is 1730. The number of ether oxygens (including phenoxy) is 3. The number of nitrogens with zero attached hydrogens (tertiary/aromatic N) is 3. The molecule has 2 N–H and O–H groups in total. The highest BCUT2D eigenvalue weighted by Crippen LogP contribution is 2.42. The van der Waals surface area contributed by atoms with E-state index < -0.39 is 17.7 Å². The number of hydrogen-bond donors (Lipinski definition) is 1. The van der Waals surface area contributed by atoms with E-state index in [1.54, 1.807) is 50.5 Å². The van der Waals surface area contributed by atoms with Gasteiger partial charge in [-0.2, -0.15) is 0 Å². The number of fused-ring (bicyclic) bond motifs is 2. The van der Waals surface area contributed by atoms with Crippen molar-refractivity contribution < 1.29 is 28.2 Å². The van der Waals surface area contributed by atoms with E-state index in [1.807, 2.05) is 6.07 Å². The van der Waals surface area contributed by atoms with Gasteiger partial charge < -0.3 is 29.7 Å². The third-order valence-electron chi connectivity index (χ3n) is 8.60. The molecule has 0 bridgehead atoms. The Morgan fingerprint density at radius 3 is 2.48 bits per heavy atom. The number of benzene rings is 3. The quantitative estimate of drug-likeness (QED) is 0.242. The molecule has 3 aliphatic rings. The minimum Gasteiger partial charge on any atom is -0.472 e. The Balaban J connectivity index is 1.31. The lowest BCUT2D eigenvalue weighted by atomic mass is 9.97. The van der Waals surface area contributed by atoms with Crippen LogP contribution in [0.2, 0.25) is 10.0 Å². The Labute approximate surface area is 276 Å². The molecular formula is C34H33Cl2FN4O5. The van der Waals surface area contributed by atoms with Crippen LogP contribution in [0.3, 0.4) is 0 Å². The van der Waals surface area contributed by atoms with Crippen molar-refractivity contribution in [1.29, 1.82) is 0 Å². The summed E-state index contributed by atoms with van der Waals surface area (Å²) in [5, 5.41) is 0.314. The molecule has 0 aromatic heterocycles. The third-order valence-corrected chi connectivity index (χ3v) is 9.19. The van der Waals surface area contributed by atoms with Crippen LogP contribution < -0.4 is 15.4 Å². The van der Waals surface area contributed by atoms with E-state index >= 15 is 4.39 Å². The number of carbonyl (C=O) groups is 2. The lowest BCUT2D eigenvalue weighted by Gasteiger charge is -2.31.